The number of aliphatic carboxylic acids is 1. The second kappa shape index (κ2) is 12.8. The zero-order chi connectivity index (χ0) is 25.2. The quantitative estimate of drug-likeness (QED) is 0.217. The number of benzene rings is 3. The Morgan fingerprint density at radius 3 is 2.44 bits per heavy atom. The minimum Gasteiger partial charge on any atom is -0.493 e. The molecule has 1 atom stereocenters. The summed E-state index contributed by atoms with van der Waals surface area (Å²) < 4.78 is 5.86. The molecule has 1 unspecified atom stereocenters. The van der Waals surface area contributed by atoms with Crippen LogP contribution in [0.5, 0.6) is 5.75 Å². The van der Waals surface area contributed by atoms with Gasteiger partial charge in [0, 0.05) is 23.1 Å². The monoisotopic (exact) mass is 501 g/mol. The van der Waals surface area contributed by atoms with Crippen LogP contribution in [-0.2, 0) is 11.2 Å². The number of carboxylic acid groups (broad SMARTS) is 1. The number of nitrogens with one attached hydrogen (secondary N) is 2. The first-order valence-corrected chi connectivity index (χ1v) is 12.5. The first-order valence-electron chi connectivity index (χ1n) is 12.1. The van der Waals surface area contributed by atoms with Crippen molar-refractivity contribution in [3.63, 3.8) is 0 Å². The summed E-state index contributed by atoms with van der Waals surface area (Å²) in [5.41, 5.74) is 3.95. The average molecular weight is 502 g/mol. The van der Waals surface area contributed by atoms with Crippen LogP contribution in [0.3, 0.4) is 0 Å². The maximum absolute atomic E-state index is 11.6. The maximum Gasteiger partial charge on any atom is 0.303 e. The lowest BCUT2D eigenvalue weighted by Crippen LogP contribution is -2.14. The number of H-pyrrole nitrogens is 1. The Kier molecular flexibility index (Phi) is 8.95. The van der Waals surface area contributed by atoms with Crippen molar-refractivity contribution in [3.05, 3.63) is 113 Å². The molecule has 4 aromatic rings. The molecule has 184 valence electrons. The molecule has 0 radical (unpaired) electrons. The van der Waals surface area contributed by atoms with Crippen LogP contribution in [0.25, 0.3) is 11.1 Å². The van der Waals surface area contributed by atoms with Gasteiger partial charge >= 0.3 is 5.97 Å². The summed E-state index contributed by atoms with van der Waals surface area (Å²) in [6.45, 7) is 1.41. The molecule has 0 aliphatic carbocycles. The van der Waals surface area contributed by atoms with Crippen molar-refractivity contribution in [2.75, 3.05) is 18.5 Å². The third kappa shape index (κ3) is 7.33. The fourth-order valence-electron chi connectivity index (χ4n) is 4.15. The van der Waals surface area contributed by atoms with E-state index in [0.29, 0.717) is 18.1 Å². The number of carbonyl (C=O) groups is 1. The van der Waals surface area contributed by atoms with Crippen LogP contribution in [0.4, 0.5) is 5.82 Å². The number of pyridine rings is 1. The van der Waals surface area contributed by atoms with Gasteiger partial charge in [-0.15, -0.1) is 0 Å². The summed E-state index contributed by atoms with van der Waals surface area (Å²) in [6.07, 6.45) is 3.39. The fourth-order valence-corrected chi connectivity index (χ4v) is 4.45. The van der Waals surface area contributed by atoms with Gasteiger partial charge in [0.15, 0.2) is 0 Å². The van der Waals surface area contributed by atoms with E-state index in [-0.39, 0.29) is 12.3 Å². The molecule has 0 aliphatic rings. The van der Waals surface area contributed by atoms with Gasteiger partial charge < -0.3 is 9.84 Å². The second-order valence-electron chi connectivity index (χ2n) is 8.65. The number of aromatic amines is 1. The number of ether oxygens (including phenoxy) is 1. The second-order valence-corrected chi connectivity index (χ2v) is 9.06. The Morgan fingerprint density at radius 2 is 1.75 bits per heavy atom. The van der Waals surface area contributed by atoms with Gasteiger partial charge in [0.05, 0.1) is 25.8 Å². The van der Waals surface area contributed by atoms with Gasteiger partial charge in [-0.3, -0.25) is 10.1 Å². The van der Waals surface area contributed by atoms with Crippen molar-refractivity contribution in [1.82, 2.24) is 0 Å². The van der Waals surface area contributed by atoms with Gasteiger partial charge in [-0.25, -0.2) is 4.98 Å². The molecule has 3 N–H and O–H groups in total. The lowest BCUT2D eigenvalue weighted by atomic mass is 9.88. The van der Waals surface area contributed by atoms with Crippen molar-refractivity contribution < 1.29 is 19.6 Å². The summed E-state index contributed by atoms with van der Waals surface area (Å²) in [7, 11) is 0. The SMILES string of the molecule is O=C(O)CC(Cc1ccc(OCCCNc2cccc[nH+]2)cc1)c1ccc(-c2ccccc2)c(Cl)c1. The van der Waals surface area contributed by atoms with E-state index in [0.717, 1.165) is 46.8 Å². The van der Waals surface area contributed by atoms with E-state index >= 15 is 0 Å². The highest BCUT2D eigenvalue weighted by Crippen LogP contribution is 2.33. The Morgan fingerprint density at radius 1 is 0.972 bits per heavy atom. The highest BCUT2D eigenvalue weighted by molar-refractivity contribution is 6.33. The maximum atomic E-state index is 11.6. The number of carboxylic acids is 1. The summed E-state index contributed by atoms with van der Waals surface area (Å²) in [5, 5.41) is 13.5. The average Bonchev–Trinajstić information content (AvgIpc) is 2.90. The van der Waals surface area contributed by atoms with Crippen LogP contribution in [0, 0.1) is 0 Å². The Hall–Kier alpha value is -3.83. The van der Waals surface area contributed by atoms with Gasteiger partial charge in [-0.1, -0.05) is 72.3 Å². The van der Waals surface area contributed by atoms with Crippen molar-refractivity contribution in [1.29, 1.82) is 0 Å². The van der Waals surface area contributed by atoms with Crippen LogP contribution in [0.1, 0.15) is 29.9 Å². The molecule has 0 saturated heterocycles. The Balaban J connectivity index is 1.34. The number of anilines is 1. The first kappa shape index (κ1) is 25.3. The topological polar surface area (TPSA) is 72.7 Å². The number of aromatic nitrogens is 1. The number of hydrogen-bond donors (Lipinski definition) is 2. The lowest BCUT2D eigenvalue weighted by molar-refractivity contribution is -0.361. The minimum absolute atomic E-state index is 0.0328. The predicted molar refractivity (Wildman–Crippen MR) is 144 cm³/mol. The van der Waals surface area contributed by atoms with Crippen molar-refractivity contribution >= 4 is 23.4 Å². The first-order chi connectivity index (χ1) is 17.6. The molecule has 1 heterocycles. The van der Waals surface area contributed by atoms with Gasteiger partial charge in [0.25, 0.3) is 5.82 Å². The van der Waals surface area contributed by atoms with Gasteiger partial charge in [0.2, 0.25) is 0 Å². The van der Waals surface area contributed by atoms with E-state index in [4.69, 9.17) is 16.3 Å². The number of hydrogen-bond acceptors (Lipinski definition) is 3. The minimum atomic E-state index is -0.829. The largest absolute Gasteiger partial charge is 0.493 e. The molecule has 3 aromatic carbocycles. The van der Waals surface area contributed by atoms with Crippen molar-refractivity contribution in [2.24, 2.45) is 0 Å². The molecule has 1 aromatic heterocycles. The normalized spacial score (nSPS) is 11.6. The van der Waals surface area contributed by atoms with Crippen LogP contribution in [0.2, 0.25) is 5.02 Å². The highest BCUT2D eigenvalue weighted by Gasteiger charge is 2.18. The Labute approximate surface area is 216 Å². The van der Waals surface area contributed by atoms with Crippen LogP contribution < -0.4 is 15.0 Å². The molecule has 0 bridgehead atoms. The summed E-state index contributed by atoms with van der Waals surface area (Å²) in [5.74, 6) is 0.770. The van der Waals surface area contributed by atoms with Gasteiger partial charge in [0.1, 0.15) is 5.75 Å². The van der Waals surface area contributed by atoms with Gasteiger partial charge in [-0.05, 0) is 53.3 Å². The van der Waals surface area contributed by atoms with Gasteiger partial charge in [-0.2, -0.15) is 0 Å². The molecule has 4 rings (SSSR count). The lowest BCUT2D eigenvalue weighted by Gasteiger charge is -2.17. The highest BCUT2D eigenvalue weighted by atomic mass is 35.5. The zero-order valence-electron chi connectivity index (χ0n) is 20.0. The molecule has 36 heavy (non-hydrogen) atoms. The molecular weight excluding hydrogens is 472 g/mol. The summed E-state index contributed by atoms with van der Waals surface area (Å²) in [4.78, 5) is 14.7. The van der Waals surface area contributed by atoms with E-state index in [1.165, 1.54) is 0 Å². The Bertz CT molecular complexity index is 1250. The standard InChI is InChI=1S/C30H29ClN2O3/c31-28-20-24(12-15-27(28)23-7-2-1-3-8-23)25(21-30(34)35)19-22-10-13-26(14-11-22)36-18-6-17-33-29-9-4-5-16-32-29/h1-5,7-16,20,25H,6,17-19,21H2,(H,32,33)(H,34,35)/p+1. The van der Waals surface area contributed by atoms with Crippen LogP contribution in [0.15, 0.2) is 97.2 Å². The molecule has 0 amide bonds. The summed E-state index contributed by atoms with van der Waals surface area (Å²) >= 11 is 6.60. The molecule has 6 heteroatoms. The summed E-state index contributed by atoms with van der Waals surface area (Å²) in [6, 6.07) is 29.6. The van der Waals surface area contributed by atoms with E-state index < -0.39 is 5.97 Å². The van der Waals surface area contributed by atoms with Crippen LogP contribution >= 0.6 is 11.6 Å². The molecule has 0 saturated carbocycles. The third-order valence-electron chi connectivity index (χ3n) is 5.99. The number of rotatable bonds is 12. The van der Waals surface area contributed by atoms with E-state index in [9.17, 15) is 9.90 Å². The van der Waals surface area contributed by atoms with Crippen LogP contribution in [-0.4, -0.2) is 24.2 Å². The predicted octanol–water partition coefficient (Wildman–Crippen LogP) is 6.50. The molecule has 0 aliphatic heterocycles. The van der Waals surface area contributed by atoms with E-state index in [2.05, 4.69) is 10.3 Å². The van der Waals surface area contributed by atoms with E-state index in [1.807, 2.05) is 97.2 Å². The molecule has 0 fully saturated rings. The van der Waals surface area contributed by atoms with Crippen molar-refractivity contribution in [2.45, 2.75) is 25.2 Å². The zero-order valence-corrected chi connectivity index (χ0v) is 20.7. The smallest absolute Gasteiger partial charge is 0.303 e. The third-order valence-corrected chi connectivity index (χ3v) is 6.30. The molecular formula is C30H30ClN2O3+. The molecule has 0 spiro atoms. The van der Waals surface area contributed by atoms with Crippen molar-refractivity contribution in [3.8, 4) is 16.9 Å². The fraction of sp³-hybridized carbons (Fsp3) is 0.200. The van der Waals surface area contributed by atoms with E-state index in [1.54, 1.807) is 0 Å². The number of halogens is 1. The molecule has 5 nitrogen and oxygen atoms in total.